The fourth-order valence-corrected chi connectivity index (χ4v) is 7.01. The van der Waals surface area contributed by atoms with Crippen LogP contribution in [0.2, 0.25) is 0 Å². The first-order valence-electron chi connectivity index (χ1n) is 16.9. The Balaban J connectivity index is 1.15. The van der Waals surface area contributed by atoms with Gasteiger partial charge < -0.3 is 18.9 Å². The molecule has 0 unspecified atom stereocenters. The zero-order valence-electron chi connectivity index (χ0n) is 28.1. The van der Waals surface area contributed by atoms with Crippen LogP contribution in [0.4, 0.5) is 17.1 Å². The Labute approximate surface area is 287 Å². The Morgan fingerprint density at radius 2 is 0.959 bits per heavy atom. The zero-order valence-corrected chi connectivity index (χ0v) is 28.1. The van der Waals surface area contributed by atoms with Crippen LogP contribution in [0, 0.1) is 0 Å². The van der Waals surface area contributed by atoms with Crippen LogP contribution in [0.1, 0.15) is 27.7 Å². The maximum atomic E-state index is 6.57. The van der Waals surface area contributed by atoms with E-state index < -0.39 is 18.3 Å². The molecule has 238 valence electrons. The number of nitrogens with zero attached hydrogens (tertiary/aromatic N) is 1. The van der Waals surface area contributed by atoms with Crippen molar-refractivity contribution in [3.63, 3.8) is 0 Å². The van der Waals surface area contributed by atoms with E-state index >= 15 is 0 Å². The highest BCUT2D eigenvalue weighted by atomic mass is 16.7. The summed E-state index contributed by atoms with van der Waals surface area (Å²) in [5.41, 5.74) is 7.72. The van der Waals surface area contributed by atoms with E-state index in [-0.39, 0.29) is 0 Å². The van der Waals surface area contributed by atoms with Crippen LogP contribution in [0.25, 0.3) is 43.8 Å². The first-order valence-corrected chi connectivity index (χ1v) is 16.9. The second-order valence-corrected chi connectivity index (χ2v) is 14.1. The fraction of sp³-hybridized carbons (Fsp3) is 0.136. The van der Waals surface area contributed by atoms with Crippen molar-refractivity contribution in [1.29, 1.82) is 0 Å². The second-order valence-electron chi connectivity index (χ2n) is 14.1. The Bertz CT molecular complexity index is 2340. The van der Waals surface area contributed by atoms with Crippen LogP contribution < -0.4 is 15.1 Å². The number of hydrogen-bond acceptors (Lipinski definition) is 4. The molecule has 7 aromatic carbocycles. The Morgan fingerprint density at radius 1 is 0.449 bits per heavy atom. The van der Waals surface area contributed by atoms with Crippen molar-refractivity contribution < 1.29 is 14.0 Å². The van der Waals surface area contributed by atoms with Gasteiger partial charge in [0, 0.05) is 5.69 Å². The lowest BCUT2D eigenvalue weighted by atomic mass is 9.76. The minimum absolute atomic E-state index is 0.440. The third kappa shape index (κ3) is 5.09. The minimum Gasteiger partial charge on any atom is -0.453 e. The molecule has 5 heteroatoms. The summed E-state index contributed by atoms with van der Waals surface area (Å²) in [7, 11) is -0.478. The molecule has 0 N–H and O–H groups in total. The van der Waals surface area contributed by atoms with Gasteiger partial charge in [-0.3, -0.25) is 0 Å². The molecule has 2 aliphatic heterocycles. The molecule has 0 aliphatic carbocycles. The highest BCUT2D eigenvalue weighted by molar-refractivity contribution is 6.62. The van der Waals surface area contributed by atoms with Crippen molar-refractivity contribution in [3.8, 4) is 33.8 Å². The smallest absolute Gasteiger partial charge is 0.453 e. The van der Waals surface area contributed by atoms with Crippen LogP contribution in [-0.4, -0.2) is 18.3 Å². The van der Waals surface area contributed by atoms with Gasteiger partial charge >= 0.3 is 7.12 Å². The van der Waals surface area contributed by atoms with Gasteiger partial charge in [-0.2, -0.15) is 0 Å². The molecule has 1 fully saturated rings. The van der Waals surface area contributed by atoms with E-state index in [1.54, 1.807) is 0 Å². The molecule has 0 aromatic heterocycles. The van der Waals surface area contributed by atoms with E-state index in [0.29, 0.717) is 0 Å². The molecule has 2 aliphatic rings. The summed E-state index contributed by atoms with van der Waals surface area (Å²) < 4.78 is 19.4. The molecule has 2 heterocycles. The average molecular weight is 638 g/mol. The molecule has 0 atom stereocenters. The molecular formula is C44H36BNO3. The summed E-state index contributed by atoms with van der Waals surface area (Å²) in [5, 5.41) is 4.94. The van der Waals surface area contributed by atoms with Crippen molar-refractivity contribution >= 4 is 51.2 Å². The molecule has 0 amide bonds. The zero-order chi connectivity index (χ0) is 33.3. The number of benzene rings is 7. The first-order chi connectivity index (χ1) is 23.7. The van der Waals surface area contributed by atoms with Gasteiger partial charge in [-0.05, 0) is 138 Å². The number of ether oxygens (including phenoxy) is 1. The van der Waals surface area contributed by atoms with Crippen LogP contribution in [0.15, 0.2) is 146 Å². The molecule has 7 aromatic rings. The van der Waals surface area contributed by atoms with Crippen molar-refractivity contribution in [2.75, 3.05) is 4.90 Å². The van der Waals surface area contributed by atoms with Crippen LogP contribution in [-0.2, 0) is 9.31 Å². The number of anilines is 3. The van der Waals surface area contributed by atoms with Gasteiger partial charge in [0.05, 0.1) is 22.6 Å². The molecule has 9 rings (SSSR count). The molecule has 0 bridgehead atoms. The van der Waals surface area contributed by atoms with E-state index in [0.717, 1.165) is 56.3 Å². The number of hydrogen-bond donors (Lipinski definition) is 0. The van der Waals surface area contributed by atoms with Crippen molar-refractivity contribution in [2.24, 2.45) is 0 Å². The summed E-state index contributed by atoms with van der Waals surface area (Å²) in [6, 6.07) is 51.7. The highest BCUT2D eigenvalue weighted by Crippen LogP contribution is 2.50. The highest BCUT2D eigenvalue weighted by Gasteiger charge is 2.51. The van der Waals surface area contributed by atoms with Crippen molar-refractivity contribution in [1.82, 2.24) is 0 Å². The lowest BCUT2D eigenvalue weighted by molar-refractivity contribution is 0.00578. The van der Waals surface area contributed by atoms with Gasteiger partial charge in [0.1, 0.15) is 0 Å². The van der Waals surface area contributed by atoms with Gasteiger partial charge in [-0.1, -0.05) is 84.9 Å². The Morgan fingerprint density at radius 3 is 1.59 bits per heavy atom. The van der Waals surface area contributed by atoms with E-state index in [4.69, 9.17) is 14.0 Å². The second kappa shape index (κ2) is 11.1. The van der Waals surface area contributed by atoms with Gasteiger partial charge in [0.15, 0.2) is 11.5 Å². The number of fused-ring (bicyclic) bond motifs is 4. The summed E-state index contributed by atoms with van der Waals surface area (Å²) in [6.07, 6.45) is 0. The maximum absolute atomic E-state index is 6.57. The molecule has 49 heavy (non-hydrogen) atoms. The van der Waals surface area contributed by atoms with Crippen molar-refractivity contribution in [2.45, 2.75) is 38.9 Å². The first kappa shape index (κ1) is 29.8. The van der Waals surface area contributed by atoms with Crippen LogP contribution >= 0.6 is 0 Å². The van der Waals surface area contributed by atoms with Gasteiger partial charge in [0.2, 0.25) is 0 Å². The largest absolute Gasteiger partial charge is 0.494 e. The lowest BCUT2D eigenvalue weighted by Crippen LogP contribution is -2.41. The van der Waals surface area contributed by atoms with Crippen molar-refractivity contribution in [3.05, 3.63) is 146 Å². The molecule has 1 saturated heterocycles. The summed E-state index contributed by atoms with van der Waals surface area (Å²) in [6.45, 7) is 8.41. The molecular weight excluding hydrogens is 601 g/mol. The number of rotatable bonds is 4. The van der Waals surface area contributed by atoms with Crippen LogP contribution in [0.5, 0.6) is 11.5 Å². The topological polar surface area (TPSA) is 30.9 Å². The van der Waals surface area contributed by atoms with E-state index in [9.17, 15) is 0 Å². The SMILES string of the molecule is CC1(C)OB(c2cc(-c3ccc(N4c5ccccc5Oc5ccccc54)cc3)cc(-c3ccc4cc5ccccc5cc4c3)c2)OC1(C)C. The summed E-state index contributed by atoms with van der Waals surface area (Å²) in [5.74, 6) is 1.68. The summed E-state index contributed by atoms with van der Waals surface area (Å²) >= 11 is 0. The monoisotopic (exact) mass is 637 g/mol. The third-order valence-electron chi connectivity index (χ3n) is 10.4. The average Bonchev–Trinajstić information content (AvgIpc) is 3.35. The predicted molar refractivity (Wildman–Crippen MR) is 203 cm³/mol. The molecule has 4 nitrogen and oxygen atoms in total. The minimum atomic E-state index is -0.478. The van der Waals surface area contributed by atoms with Crippen LogP contribution in [0.3, 0.4) is 0 Å². The normalized spacial score (nSPS) is 16.0. The van der Waals surface area contributed by atoms with E-state index in [1.807, 2.05) is 24.3 Å². The fourth-order valence-electron chi connectivity index (χ4n) is 7.01. The Kier molecular flexibility index (Phi) is 6.74. The van der Waals surface area contributed by atoms with E-state index in [1.165, 1.54) is 21.5 Å². The summed E-state index contributed by atoms with van der Waals surface area (Å²) in [4.78, 5) is 2.27. The molecule has 0 saturated carbocycles. The molecule has 0 spiro atoms. The van der Waals surface area contributed by atoms with Gasteiger partial charge in [0.25, 0.3) is 0 Å². The van der Waals surface area contributed by atoms with Gasteiger partial charge in [-0.15, -0.1) is 0 Å². The van der Waals surface area contributed by atoms with E-state index in [2.05, 4.69) is 154 Å². The predicted octanol–water partition coefficient (Wildman–Crippen LogP) is 11.2. The third-order valence-corrected chi connectivity index (χ3v) is 10.4. The number of para-hydroxylation sites is 4. The quantitative estimate of drug-likeness (QED) is 0.142. The molecule has 0 radical (unpaired) electrons. The Hall–Kier alpha value is -5.36. The standard InChI is InChI=1S/C44H36BNO3/c1-43(2)44(3,4)49-45(48-43)37-27-35(26-36(28-37)33-18-17-32-23-30-11-5-6-12-31(30)24-34(32)25-33)29-19-21-38(22-20-29)46-39-13-7-9-15-41(39)47-42-16-10-8-14-40(42)46/h5-28H,1-4H3. The lowest BCUT2D eigenvalue weighted by Gasteiger charge is -2.32. The maximum Gasteiger partial charge on any atom is 0.494 e. The van der Waals surface area contributed by atoms with Gasteiger partial charge in [-0.25, -0.2) is 0 Å².